The van der Waals surface area contributed by atoms with Crippen LogP contribution in [0.15, 0.2) is 23.1 Å². The van der Waals surface area contributed by atoms with Crippen molar-refractivity contribution in [1.29, 1.82) is 0 Å². The molecule has 2 aliphatic carbocycles. The number of pyridine rings is 1. The predicted molar refractivity (Wildman–Crippen MR) is 117 cm³/mol. The van der Waals surface area contributed by atoms with Crippen molar-refractivity contribution in [3.05, 3.63) is 34.2 Å². The van der Waals surface area contributed by atoms with Gasteiger partial charge in [0, 0.05) is 24.2 Å². The lowest BCUT2D eigenvalue weighted by molar-refractivity contribution is -0.123. The first-order valence-corrected chi connectivity index (χ1v) is 11.0. The number of nitrogens with zero attached hydrogens (tertiary/aromatic N) is 1. The molecule has 1 aromatic heterocycles. The minimum Gasteiger partial charge on any atom is -0.370 e. The Hall–Kier alpha value is -2.64. The second-order valence-electron chi connectivity index (χ2n) is 9.94. The molecule has 1 aromatic rings. The summed E-state index contributed by atoms with van der Waals surface area (Å²) in [6, 6.07) is 3.28. The number of rotatable bonds is 9. The average Bonchev–Trinajstić information content (AvgIpc) is 3.00. The van der Waals surface area contributed by atoms with Crippen molar-refractivity contribution in [2.45, 2.75) is 77.8 Å². The maximum Gasteiger partial charge on any atom is 0.255 e. The van der Waals surface area contributed by atoms with Gasteiger partial charge in [-0.05, 0) is 54.9 Å². The summed E-state index contributed by atoms with van der Waals surface area (Å²) in [5.74, 6) is -1.54. The Bertz CT molecular complexity index is 938. The number of fused-ring (bicyclic) bond motifs is 2. The van der Waals surface area contributed by atoms with E-state index >= 15 is 0 Å². The van der Waals surface area contributed by atoms with E-state index in [4.69, 9.17) is 11.5 Å². The number of nitrogens with one attached hydrogen (secondary N) is 1. The van der Waals surface area contributed by atoms with E-state index in [2.05, 4.69) is 26.1 Å². The normalized spacial score (nSPS) is 27.1. The SMILES string of the molecule is CC1(C)[C@@H]2CC[C@@]1(C)[C@@H](NC(=O)Cn1cccc(C(CCCC(N)=O)C(N)=O)c1=O)C2. The number of amides is 3. The molecule has 2 aliphatic rings. The van der Waals surface area contributed by atoms with Crippen molar-refractivity contribution in [2.75, 3.05) is 0 Å². The van der Waals surface area contributed by atoms with Crippen LogP contribution in [0.5, 0.6) is 0 Å². The molecule has 1 heterocycles. The number of hydrogen-bond donors (Lipinski definition) is 3. The average molecular weight is 431 g/mol. The third-order valence-electron chi connectivity index (χ3n) is 8.13. The molecule has 0 aliphatic heterocycles. The van der Waals surface area contributed by atoms with Crippen LogP contribution in [0.3, 0.4) is 0 Å². The van der Waals surface area contributed by atoms with E-state index in [0.717, 1.165) is 12.8 Å². The predicted octanol–water partition coefficient (Wildman–Crippen LogP) is 1.40. The van der Waals surface area contributed by atoms with Crippen LogP contribution in [-0.2, 0) is 20.9 Å². The molecule has 0 saturated heterocycles. The number of hydrogen-bond acceptors (Lipinski definition) is 4. The zero-order valence-electron chi connectivity index (χ0n) is 18.6. The van der Waals surface area contributed by atoms with Crippen LogP contribution in [0.25, 0.3) is 0 Å². The highest BCUT2D eigenvalue weighted by molar-refractivity contribution is 5.82. The van der Waals surface area contributed by atoms with E-state index < -0.39 is 23.3 Å². The van der Waals surface area contributed by atoms with Crippen molar-refractivity contribution in [2.24, 2.45) is 28.2 Å². The fraction of sp³-hybridized carbons (Fsp3) is 0.652. The second kappa shape index (κ2) is 8.48. The summed E-state index contributed by atoms with van der Waals surface area (Å²) >= 11 is 0. The zero-order chi connectivity index (χ0) is 23.0. The van der Waals surface area contributed by atoms with Gasteiger partial charge in [-0.3, -0.25) is 19.2 Å². The molecule has 0 radical (unpaired) electrons. The van der Waals surface area contributed by atoms with Gasteiger partial charge >= 0.3 is 0 Å². The third-order valence-corrected chi connectivity index (χ3v) is 8.13. The summed E-state index contributed by atoms with van der Waals surface area (Å²) < 4.78 is 1.31. The summed E-state index contributed by atoms with van der Waals surface area (Å²) in [7, 11) is 0. The first-order valence-electron chi connectivity index (χ1n) is 11.0. The Kier molecular flexibility index (Phi) is 6.30. The molecule has 2 bridgehead atoms. The van der Waals surface area contributed by atoms with Crippen molar-refractivity contribution >= 4 is 17.7 Å². The molecule has 0 aromatic carbocycles. The highest BCUT2D eigenvalue weighted by Gasteiger charge is 2.61. The standard InChI is InChI=1S/C23H34N4O4/c1-22(2)14-9-10-23(22,3)17(12-14)26-19(29)13-27-11-5-7-16(21(27)31)15(20(25)30)6-4-8-18(24)28/h5,7,11,14-15,17H,4,6,8-10,12-13H2,1-3H3,(H2,24,28)(H2,25,30)(H,26,29)/t14-,15?,17+,23+/m1/s1. The summed E-state index contributed by atoms with van der Waals surface area (Å²) in [6.07, 6.45) is 5.52. The van der Waals surface area contributed by atoms with Crippen LogP contribution in [0.1, 0.15) is 70.8 Å². The molecule has 3 rings (SSSR count). The molecule has 8 heteroatoms. The summed E-state index contributed by atoms with van der Waals surface area (Å²) in [4.78, 5) is 48.7. The van der Waals surface area contributed by atoms with Crippen molar-refractivity contribution < 1.29 is 14.4 Å². The molecule has 4 atom stereocenters. The molecule has 2 saturated carbocycles. The molecule has 31 heavy (non-hydrogen) atoms. The number of carbonyl (C=O) groups excluding carboxylic acids is 3. The van der Waals surface area contributed by atoms with Gasteiger partial charge in [-0.1, -0.05) is 26.8 Å². The van der Waals surface area contributed by atoms with Crippen LogP contribution in [-0.4, -0.2) is 28.3 Å². The molecule has 170 valence electrons. The minimum absolute atomic E-state index is 0.0532. The lowest BCUT2D eigenvalue weighted by Crippen LogP contribution is -2.48. The zero-order valence-corrected chi connectivity index (χ0v) is 18.6. The lowest BCUT2D eigenvalue weighted by atomic mass is 9.69. The molecule has 0 spiro atoms. The Balaban J connectivity index is 1.71. The Morgan fingerprint density at radius 1 is 1.26 bits per heavy atom. The number of aromatic nitrogens is 1. The van der Waals surface area contributed by atoms with Gasteiger partial charge in [-0.15, -0.1) is 0 Å². The van der Waals surface area contributed by atoms with E-state index in [-0.39, 0.29) is 47.7 Å². The summed E-state index contributed by atoms with van der Waals surface area (Å²) in [6.45, 7) is 6.71. The molecule has 8 nitrogen and oxygen atoms in total. The molecule has 3 amide bonds. The fourth-order valence-electron chi connectivity index (χ4n) is 5.69. The summed E-state index contributed by atoms with van der Waals surface area (Å²) in [5, 5.41) is 3.16. The van der Waals surface area contributed by atoms with Gasteiger partial charge in [-0.25, -0.2) is 0 Å². The van der Waals surface area contributed by atoms with Gasteiger partial charge in [0.15, 0.2) is 0 Å². The van der Waals surface area contributed by atoms with Crippen LogP contribution < -0.4 is 22.3 Å². The van der Waals surface area contributed by atoms with E-state index in [9.17, 15) is 19.2 Å². The highest BCUT2D eigenvalue weighted by atomic mass is 16.2. The van der Waals surface area contributed by atoms with Crippen molar-refractivity contribution in [1.82, 2.24) is 9.88 Å². The highest BCUT2D eigenvalue weighted by Crippen LogP contribution is 2.65. The van der Waals surface area contributed by atoms with Crippen LogP contribution >= 0.6 is 0 Å². The number of carbonyl (C=O) groups is 3. The minimum atomic E-state index is -0.826. The molecule has 1 unspecified atom stereocenters. The third kappa shape index (κ3) is 4.25. The number of primary amides is 2. The van der Waals surface area contributed by atoms with E-state index in [1.165, 1.54) is 11.0 Å². The topological polar surface area (TPSA) is 137 Å². The quantitative estimate of drug-likeness (QED) is 0.545. The molecular weight excluding hydrogens is 396 g/mol. The Labute approximate surface area is 182 Å². The first kappa shape index (κ1) is 23.0. The Morgan fingerprint density at radius 3 is 2.52 bits per heavy atom. The van der Waals surface area contributed by atoms with E-state index in [1.807, 2.05) is 0 Å². The summed E-state index contributed by atoms with van der Waals surface area (Å²) in [5.41, 5.74) is 10.7. The van der Waals surface area contributed by atoms with Crippen molar-refractivity contribution in [3.63, 3.8) is 0 Å². The maximum atomic E-state index is 13.0. The van der Waals surface area contributed by atoms with Gasteiger partial charge in [0.2, 0.25) is 17.7 Å². The maximum absolute atomic E-state index is 13.0. The first-order chi connectivity index (χ1) is 14.5. The van der Waals surface area contributed by atoms with Crippen molar-refractivity contribution in [3.8, 4) is 0 Å². The molecular formula is C23H34N4O4. The van der Waals surface area contributed by atoms with Gasteiger partial charge in [0.1, 0.15) is 6.54 Å². The van der Waals surface area contributed by atoms with Gasteiger partial charge < -0.3 is 21.4 Å². The van der Waals surface area contributed by atoms with Crippen LogP contribution in [0.4, 0.5) is 0 Å². The van der Waals surface area contributed by atoms with E-state index in [1.54, 1.807) is 18.3 Å². The van der Waals surface area contributed by atoms with E-state index in [0.29, 0.717) is 12.3 Å². The fourth-order valence-corrected chi connectivity index (χ4v) is 5.69. The Morgan fingerprint density at radius 2 is 1.97 bits per heavy atom. The monoisotopic (exact) mass is 430 g/mol. The number of nitrogens with two attached hydrogens (primary N) is 2. The lowest BCUT2D eigenvalue weighted by Gasteiger charge is -2.39. The van der Waals surface area contributed by atoms with Crippen LogP contribution in [0, 0.1) is 16.7 Å². The van der Waals surface area contributed by atoms with Crippen LogP contribution in [0.2, 0.25) is 0 Å². The van der Waals surface area contributed by atoms with Gasteiger partial charge in [0.05, 0.1) is 5.92 Å². The molecule has 2 fully saturated rings. The van der Waals surface area contributed by atoms with Gasteiger partial charge in [-0.2, -0.15) is 0 Å². The van der Waals surface area contributed by atoms with Gasteiger partial charge in [0.25, 0.3) is 5.56 Å². The second-order valence-corrected chi connectivity index (χ2v) is 9.94. The largest absolute Gasteiger partial charge is 0.370 e. The smallest absolute Gasteiger partial charge is 0.255 e. The molecule has 5 N–H and O–H groups in total.